The van der Waals surface area contributed by atoms with E-state index in [2.05, 4.69) is 12.2 Å². The van der Waals surface area contributed by atoms with Gasteiger partial charge in [0.05, 0.1) is 27.9 Å². The Kier molecular flexibility index (Phi) is 7.34. The quantitative estimate of drug-likeness (QED) is 0.658. The highest BCUT2D eigenvalue weighted by molar-refractivity contribution is 6.05. The number of rotatable bonds is 9. The maximum Gasteiger partial charge on any atom is 0.255 e. The molecular weight excluding hydrogens is 346 g/mol. The van der Waals surface area contributed by atoms with Crippen LogP contribution in [0.1, 0.15) is 35.7 Å². The Morgan fingerprint density at radius 3 is 2.19 bits per heavy atom. The van der Waals surface area contributed by atoms with E-state index in [4.69, 9.17) is 18.9 Å². The van der Waals surface area contributed by atoms with Gasteiger partial charge < -0.3 is 24.3 Å². The van der Waals surface area contributed by atoms with Gasteiger partial charge >= 0.3 is 0 Å². The number of benzene rings is 2. The predicted molar refractivity (Wildman–Crippen MR) is 106 cm³/mol. The molecule has 0 aliphatic rings. The molecule has 2 aromatic carbocycles. The van der Waals surface area contributed by atoms with Gasteiger partial charge in [-0.25, -0.2) is 0 Å². The summed E-state index contributed by atoms with van der Waals surface area (Å²) < 4.78 is 21.7. The zero-order chi connectivity index (χ0) is 19.8. The van der Waals surface area contributed by atoms with Gasteiger partial charge in [-0.15, -0.1) is 0 Å². The molecule has 6 heteroatoms. The first-order chi connectivity index (χ1) is 13.0. The van der Waals surface area contributed by atoms with Crippen LogP contribution < -0.4 is 24.3 Å². The molecule has 0 saturated heterocycles. The molecule has 0 heterocycles. The molecule has 1 amide bonds. The summed E-state index contributed by atoms with van der Waals surface area (Å²) in [5.41, 5.74) is 2.00. The summed E-state index contributed by atoms with van der Waals surface area (Å²) in [6, 6.07) is 8.71. The fraction of sp³-hybridized carbons (Fsp3) is 0.381. The molecule has 0 unspecified atom stereocenters. The fourth-order valence-electron chi connectivity index (χ4n) is 2.56. The van der Waals surface area contributed by atoms with Gasteiger partial charge in [-0.05, 0) is 43.2 Å². The standard InChI is InChI=1S/C21H27NO5/c1-6-7-10-27-17-9-8-15(12-19(17)25-4)21(23)22-16-13-20(26-5)18(24-3)11-14(16)2/h8-9,11-13H,6-7,10H2,1-5H3,(H,22,23). The summed E-state index contributed by atoms with van der Waals surface area (Å²) >= 11 is 0. The summed E-state index contributed by atoms with van der Waals surface area (Å²) in [6.45, 7) is 4.61. The Morgan fingerprint density at radius 1 is 0.926 bits per heavy atom. The molecule has 0 bridgehead atoms. The lowest BCUT2D eigenvalue weighted by atomic mass is 10.1. The normalized spacial score (nSPS) is 10.3. The Balaban J connectivity index is 2.20. The lowest BCUT2D eigenvalue weighted by molar-refractivity contribution is 0.102. The molecule has 0 spiro atoms. The molecule has 0 saturated carbocycles. The lowest BCUT2D eigenvalue weighted by Crippen LogP contribution is -2.13. The van der Waals surface area contributed by atoms with Crippen LogP contribution in [0.25, 0.3) is 0 Å². The van der Waals surface area contributed by atoms with Crippen molar-refractivity contribution in [2.75, 3.05) is 33.3 Å². The average Bonchev–Trinajstić information content (AvgIpc) is 2.69. The van der Waals surface area contributed by atoms with Crippen molar-refractivity contribution in [2.24, 2.45) is 0 Å². The van der Waals surface area contributed by atoms with E-state index in [1.807, 2.05) is 13.0 Å². The minimum Gasteiger partial charge on any atom is -0.493 e. The van der Waals surface area contributed by atoms with Crippen LogP contribution in [0, 0.1) is 6.92 Å². The maximum absolute atomic E-state index is 12.7. The summed E-state index contributed by atoms with van der Waals surface area (Å²) in [5, 5.41) is 2.90. The number of aryl methyl sites for hydroxylation is 1. The number of hydrogen-bond donors (Lipinski definition) is 1. The van der Waals surface area contributed by atoms with Gasteiger partial charge in [-0.1, -0.05) is 13.3 Å². The molecule has 0 aliphatic carbocycles. The van der Waals surface area contributed by atoms with Crippen molar-refractivity contribution in [3.8, 4) is 23.0 Å². The minimum atomic E-state index is -0.247. The van der Waals surface area contributed by atoms with Crippen LogP contribution in [0.5, 0.6) is 23.0 Å². The average molecular weight is 373 g/mol. The molecule has 0 fully saturated rings. The van der Waals surface area contributed by atoms with Crippen molar-refractivity contribution in [2.45, 2.75) is 26.7 Å². The van der Waals surface area contributed by atoms with Gasteiger partial charge in [-0.3, -0.25) is 4.79 Å². The molecule has 1 N–H and O–H groups in total. The van der Waals surface area contributed by atoms with Crippen molar-refractivity contribution in [3.63, 3.8) is 0 Å². The van der Waals surface area contributed by atoms with Gasteiger partial charge in [0.1, 0.15) is 0 Å². The first kappa shape index (κ1) is 20.4. The molecule has 146 valence electrons. The van der Waals surface area contributed by atoms with E-state index in [1.54, 1.807) is 45.6 Å². The largest absolute Gasteiger partial charge is 0.493 e. The number of amides is 1. The Morgan fingerprint density at radius 2 is 1.56 bits per heavy atom. The number of carbonyl (C=O) groups excluding carboxylic acids is 1. The molecule has 0 radical (unpaired) electrons. The third-order valence-corrected chi connectivity index (χ3v) is 4.16. The van der Waals surface area contributed by atoms with Crippen LogP contribution in [0.15, 0.2) is 30.3 Å². The third-order valence-electron chi connectivity index (χ3n) is 4.16. The molecule has 6 nitrogen and oxygen atoms in total. The van der Waals surface area contributed by atoms with Crippen LogP contribution in [0.4, 0.5) is 5.69 Å². The van der Waals surface area contributed by atoms with Gasteiger partial charge in [0.15, 0.2) is 23.0 Å². The van der Waals surface area contributed by atoms with Crippen molar-refractivity contribution in [1.82, 2.24) is 0 Å². The van der Waals surface area contributed by atoms with Crippen LogP contribution in [-0.2, 0) is 0 Å². The van der Waals surface area contributed by atoms with Crippen molar-refractivity contribution in [3.05, 3.63) is 41.5 Å². The lowest BCUT2D eigenvalue weighted by Gasteiger charge is -2.15. The number of unbranched alkanes of at least 4 members (excludes halogenated alkanes) is 1. The number of carbonyl (C=O) groups is 1. The van der Waals surface area contributed by atoms with Crippen LogP contribution in [-0.4, -0.2) is 33.8 Å². The van der Waals surface area contributed by atoms with E-state index in [-0.39, 0.29) is 5.91 Å². The number of anilines is 1. The molecule has 2 aromatic rings. The van der Waals surface area contributed by atoms with Gasteiger partial charge in [-0.2, -0.15) is 0 Å². The topological polar surface area (TPSA) is 66.0 Å². The summed E-state index contributed by atoms with van der Waals surface area (Å²) in [5.74, 6) is 2.08. The molecular formula is C21H27NO5. The van der Waals surface area contributed by atoms with Crippen molar-refractivity contribution in [1.29, 1.82) is 0 Å². The molecule has 2 rings (SSSR count). The Labute approximate surface area is 160 Å². The SMILES string of the molecule is CCCCOc1ccc(C(=O)Nc2cc(OC)c(OC)cc2C)cc1OC. The smallest absolute Gasteiger partial charge is 0.255 e. The molecule has 0 atom stereocenters. The summed E-state index contributed by atoms with van der Waals surface area (Å²) in [4.78, 5) is 12.7. The first-order valence-electron chi connectivity index (χ1n) is 8.88. The summed E-state index contributed by atoms with van der Waals surface area (Å²) in [7, 11) is 4.69. The predicted octanol–water partition coefficient (Wildman–Crippen LogP) is 4.45. The van der Waals surface area contributed by atoms with E-state index in [9.17, 15) is 4.79 Å². The zero-order valence-corrected chi connectivity index (χ0v) is 16.5. The van der Waals surface area contributed by atoms with E-state index in [0.717, 1.165) is 18.4 Å². The van der Waals surface area contributed by atoms with Crippen molar-refractivity contribution < 1.29 is 23.7 Å². The second kappa shape index (κ2) is 9.71. The van der Waals surface area contributed by atoms with E-state index in [0.29, 0.717) is 40.9 Å². The van der Waals surface area contributed by atoms with Crippen LogP contribution in [0.2, 0.25) is 0 Å². The first-order valence-corrected chi connectivity index (χ1v) is 8.88. The number of nitrogens with one attached hydrogen (secondary N) is 1. The Bertz CT molecular complexity index is 788. The maximum atomic E-state index is 12.7. The Hall–Kier alpha value is -2.89. The third kappa shape index (κ3) is 5.06. The van der Waals surface area contributed by atoms with Gasteiger partial charge in [0.2, 0.25) is 0 Å². The van der Waals surface area contributed by atoms with E-state index < -0.39 is 0 Å². The molecule has 0 aromatic heterocycles. The summed E-state index contributed by atoms with van der Waals surface area (Å²) in [6.07, 6.45) is 2.01. The zero-order valence-electron chi connectivity index (χ0n) is 16.5. The van der Waals surface area contributed by atoms with Crippen LogP contribution >= 0.6 is 0 Å². The highest BCUT2D eigenvalue weighted by Crippen LogP contribution is 2.33. The van der Waals surface area contributed by atoms with Gasteiger partial charge in [0.25, 0.3) is 5.91 Å². The monoisotopic (exact) mass is 373 g/mol. The second-order valence-electron chi connectivity index (χ2n) is 6.04. The molecule has 27 heavy (non-hydrogen) atoms. The highest BCUT2D eigenvalue weighted by Gasteiger charge is 2.14. The van der Waals surface area contributed by atoms with Gasteiger partial charge in [0, 0.05) is 17.3 Å². The number of hydrogen-bond acceptors (Lipinski definition) is 5. The number of methoxy groups -OCH3 is 3. The highest BCUT2D eigenvalue weighted by atomic mass is 16.5. The fourth-order valence-corrected chi connectivity index (χ4v) is 2.56. The number of ether oxygens (including phenoxy) is 4. The van der Waals surface area contributed by atoms with E-state index >= 15 is 0 Å². The van der Waals surface area contributed by atoms with E-state index in [1.165, 1.54) is 0 Å². The minimum absolute atomic E-state index is 0.247. The van der Waals surface area contributed by atoms with Crippen molar-refractivity contribution >= 4 is 11.6 Å². The second-order valence-corrected chi connectivity index (χ2v) is 6.04. The van der Waals surface area contributed by atoms with Crippen LogP contribution in [0.3, 0.4) is 0 Å². The molecule has 0 aliphatic heterocycles.